The molecule has 0 bridgehead atoms. The van der Waals surface area contributed by atoms with E-state index < -0.39 is 0 Å². The average Bonchev–Trinajstić information content (AvgIpc) is 3.16. The van der Waals surface area contributed by atoms with Crippen LogP contribution >= 0.6 is 11.3 Å². The number of nitrogens with zero attached hydrogens (tertiary/aromatic N) is 4. The standard InChI is InChI=1S/C20H19FN4O2S/c1-10-8-15(20(26)24(4)27-5)19-22-12(3)17(25(19)23-10)18-11(2)14-9-13(21)6-7-16(14)28-18/h6-9H,1-5H3. The maximum absolute atomic E-state index is 13.7. The van der Waals surface area contributed by atoms with Crippen molar-refractivity contribution in [2.24, 2.45) is 0 Å². The molecule has 0 saturated carbocycles. The number of amides is 1. The Kier molecular flexibility index (Phi) is 4.40. The van der Waals surface area contributed by atoms with Crippen LogP contribution in [0.5, 0.6) is 0 Å². The van der Waals surface area contributed by atoms with Crippen LogP contribution < -0.4 is 0 Å². The summed E-state index contributed by atoms with van der Waals surface area (Å²) < 4.78 is 16.4. The summed E-state index contributed by atoms with van der Waals surface area (Å²) in [7, 11) is 2.99. The van der Waals surface area contributed by atoms with Gasteiger partial charge in [-0.1, -0.05) is 0 Å². The molecule has 4 rings (SSSR count). The zero-order valence-electron chi connectivity index (χ0n) is 16.2. The van der Waals surface area contributed by atoms with E-state index in [1.807, 2.05) is 20.8 Å². The molecule has 3 heterocycles. The number of halogens is 1. The van der Waals surface area contributed by atoms with Crippen molar-refractivity contribution >= 4 is 33.0 Å². The van der Waals surface area contributed by atoms with E-state index in [-0.39, 0.29) is 11.7 Å². The van der Waals surface area contributed by atoms with Gasteiger partial charge in [0.25, 0.3) is 5.91 Å². The van der Waals surface area contributed by atoms with Crippen LogP contribution in [0.15, 0.2) is 24.3 Å². The largest absolute Gasteiger partial charge is 0.281 e. The average molecular weight is 398 g/mol. The highest BCUT2D eigenvalue weighted by atomic mass is 32.1. The van der Waals surface area contributed by atoms with E-state index in [4.69, 9.17) is 4.84 Å². The van der Waals surface area contributed by atoms with Gasteiger partial charge < -0.3 is 0 Å². The van der Waals surface area contributed by atoms with E-state index in [1.165, 1.54) is 13.2 Å². The Bertz CT molecular complexity index is 1240. The predicted molar refractivity (Wildman–Crippen MR) is 107 cm³/mol. The van der Waals surface area contributed by atoms with Crippen LogP contribution in [0.3, 0.4) is 0 Å². The molecule has 144 valence electrons. The van der Waals surface area contributed by atoms with E-state index in [9.17, 15) is 9.18 Å². The smallest absolute Gasteiger partial charge is 0.274 e. The molecule has 1 amide bonds. The van der Waals surface area contributed by atoms with E-state index in [0.29, 0.717) is 16.9 Å². The lowest BCUT2D eigenvalue weighted by atomic mass is 10.1. The Hall–Kier alpha value is -2.84. The number of aromatic nitrogens is 3. The van der Waals surface area contributed by atoms with Crippen LogP contribution in [0.2, 0.25) is 0 Å². The minimum atomic E-state index is -0.301. The quantitative estimate of drug-likeness (QED) is 0.483. The third kappa shape index (κ3) is 2.76. The highest BCUT2D eigenvalue weighted by Crippen LogP contribution is 2.40. The van der Waals surface area contributed by atoms with Crippen molar-refractivity contribution in [1.82, 2.24) is 19.7 Å². The molecule has 1 aromatic carbocycles. The lowest BCUT2D eigenvalue weighted by Crippen LogP contribution is -2.26. The van der Waals surface area contributed by atoms with Gasteiger partial charge in [0.2, 0.25) is 0 Å². The second-order valence-corrected chi connectivity index (χ2v) is 7.71. The zero-order valence-corrected chi connectivity index (χ0v) is 17.0. The Labute approximate surface area is 165 Å². The number of benzene rings is 1. The van der Waals surface area contributed by atoms with Gasteiger partial charge in [-0.2, -0.15) is 5.10 Å². The van der Waals surface area contributed by atoms with Gasteiger partial charge in [0.05, 0.1) is 28.9 Å². The molecule has 0 radical (unpaired) electrons. The van der Waals surface area contributed by atoms with Gasteiger partial charge >= 0.3 is 0 Å². The fourth-order valence-corrected chi connectivity index (χ4v) is 4.61. The molecule has 0 spiro atoms. The van der Waals surface area contributed by atoms with Gasteiger partial charge in [-0.15, -0.1) is 11.3 Å². The third-order valence-corrected chi connectivity index (χ3v) is 6.06. The number of thiophene rings is 1. The summed E-state index contributed by atoms with van der Waals surface area (Å²) in [5.41, 5.74) is 4.10. The van der Waals surface area contributed by atoms with Crippen LogP contribution in [-0.4, -0.2) is 39.7 Å². The van der Waals surface area contributed by atoms with E-state index >= 15 is 0 Å². The van der Waals surface area contributed by atoms with Gasteiger partial charge in [-0.3, -0.25) is 9.63 Å². The number of carbonyl (C=O) groups excluding carboxylic acids is 1. The molecule has 4 aromatic rings. The molecule has 0 saturated heterocycles. The van der Waals surface area contributed by atoms with Gasteiger partial charge in [0.15, 0.2) is 5.65 Å². The topological polar surface area (TPSA) is 59.7 Å². The number of hydrogen-bond acceptors (Lipinski definition) is 5. The number of fused-ring (bicyclic) bond motifs is 2. The Morgan fingerprint density at radius 1 is 1.25 bits per heavy atom. The molecule has 3 aromatic heterocycles. The second-order valence-electron chi connectivity index (χ2n) is 6.66. The van der Waals surface area contributed by atoms with Gasteiger partial charge in [0.1, 0.15) is 11.5 Å². The molecule has 0 aliphatic carbocycles. The van der Waals surface area contributed by atoms with Gasteiger partial charge in [-0.25, -0.2) is 19.0 Å². The molecule has 0 atom stereocenters. The number of hydroxylamine groups is 2. The first-order chi connectivity index (χ1) is 13.3. The molecule has 0 aliphatic rings. The van der Waals surface area contributed by atoms with E-state index in [2.05, 4.69) is 10.1 Å². The van der Waals surface area contributed by atoms with Crippen molar-refractivity contribution in [2.45, 2.75) is 20.8 Å². The molecule has 8 heteroatoms. The lowest BCUT2D eigenvalue weighted by molar-refractivity contribution is -0.0756. The van der Waals surface area contributed by atoms with Crippen LogP contribution in [0, 0.1) is 26.6 Å². The monoisotopic (exact) mass is 398 g/mol. The number of aryl methyl sites for hydroxylation is 3. The first kappa shape index (κ1) is 18.5. The molecule has 0 aliphatic heterocycles. The van der Waals surface area contributed by atoms with Gasteiger partial charge in [0, 0.05) is 11.7 Å². The fourth-order valence-electron chi connectivity index (χ4n) is 3.34. The molecule has 0 N–H and O–H groups in total. The van der Waals surface area contributed by atoms with Gasteiger partial charge in [-0.05, 0) is 56.0 Å². The normalized spacial score (nSPS) is 11.5. The van der Waals surface area contributed by atoms with Crippen molar-refractivity contribution in [3.05, 3.63) is 52.6 Å². The SMILES string of the molecule is CON(C)C(=O)c1cc(C)nn2c(-c3sc4ccc(F)cc4c3C)c(C)nc12. The fraction of sp³-hybridized carbons (Fsp3) is 0.250. The Balaban J connectivity index is 2.02. The maximum Gasteiger partial charge on any atom is 0.281 e. The summed E-state index contributed by atoms with van der Waals surface area (Å²) in [5.74, 6) is -0.566. The minimum absolute atomic E-state index is 0.265. The third-order valence-electron chi connectivity index (χ3n) is 4.78. The summed E-state index contributed by atoms with van der Waals surface area (Å²) in [5, 5.41) is 6.64. The zero-order chi connectivity index (χ0) is 20.2. The van der Waals surface area contributed by atoms with Crippen LogP contribution in [0.4, 0.5) is 4.39 Å². The predicted octanol–water partition coefficient (Wildman–Crippen LogP) is 4.31. The number of rotatable bonds is 3. The molecule has 0 unspecified atom stereocenters. The summed E-state index contributed by atoms with van der Waals surface area (Å²) in [6, 6.07) is 6.50. The summed E-state index contributed by atoms with van der Waals surface area (Å²) in [6.45, 7) is 5.68. The Morgan fingerprint density at radius 3 is 2.71 bits per heavy atom. The highest BCUT2D eigenvalue weighted by molar-refractivity contribution is 7.22. The first-order valence-electron chi connectivity index (χ1n) is 8.70. The second kappa shape index (κ2) is 6.65. The van der Waals surface area contributed by atoms with Crippen molar-refractivity contribution in [2.75, 3.05) is 14.2 Å². The maximum atomic E-state index is 13.7. The molecular formula is C20H19FN4O2S. The molecule has 0 fully saturated rings. The molecular weight excluding hydrogens is 379 g/mol. The lowest BCUT2D eigenvalue weighted by Gasteiger charge is -2.14. The highest BCUT2D eigenvalue weighted by Gasteiger charge is 2.24. The number of carbonyl (C=O) groups is 1. The Morgan fingerprint density at radius 2 is 2.00 bits per heavy atom. The first-order valence-corrected chi connectivity index (χ1v) is 9.51. The van der Waals surface area contributed by atoms with Crippen LogP contribution in [0.1, 0.15) is 27.3 Å². The van der Waals surface area contributed by atoms with Crippen LogP contribution in [0.25, 0.3) is 26.3 Å². The van der Waals surface area contributed by atoms with Crippen molar-refractivity contribution < 1.29 is 14.0 Å². The van der Waals surface area contributed by atoms with Crippen molar-refractivity contribution in [1.29, 1.82) is 0 Å². The van der Waals surface area contributed by atoms with E-state index in [0.717, 1.165) is 37.0 Å². The van der Waals surface area contributed by atoms with Crippen molar-refractivity contribution in [3.8, 4) is 10.6 Å². The summed E-state index contributed by atoms with van der Waals surface area (Å²) in [6.07, 6.45) is 0. The summed E-state index contributed by atoms with van der Waals surface area (Å²) in [4.78, 5) is 23.4. The molecule has 6 nitrogen and oxygen atoms in total. The molecule has 28 heavy (non-hydrogen) atoms. The van der Waals surface area contributed by atoms with E-state index in [1.54, 1.807) is 41.1 Å². The minimum Gasteiger partial charge on any atom is -0.274 e. The van der Waals surface area contributed by atoms with Crippen LogP contribution in [-0.2, 0) is 4.84 Å². The van der Waals surface area contributed by atoms with Crippen molar-refractivity contribution in [3.63, 3.8) is 0 Å². The summed E-state index contributed by atoms with van der Waals surface area (Å²) >= 11 is 1.56. The number of hydrogen-bond donors (Lipinski definition) is 0. The number of imidazole rings is 1.